The van der Waals surface area contributed by atoms with Crippen LogP contribution in [0.5, 0.6) is 5.75 Å². The number of methoxy groups -OCH3 is 1. The molecule has 0 heterocycles. The number of hydrogen-bond donors (Lipinski definition) is 1. The SMILES string of the molecule is COc1cc(F)c(F)c(C(C)C(=O)O)c1F. The third kappa shape index (κ3) is 1.95. The summed E-state index contributed by atoms with van der Waals surface area (Å²) in [4.78, 5) is 10.6. The van der Waals surface area contributed by atoms with Crippen LogP contribution in [0.15, 0.2) is 6.07 Å². The van der Waals surface area contributed by atoms with Gasteiger partial charge in [-0.15, -0.1) is 0 Å². The number of halogens is 3. The van der Waals surface area contributed by atoms with Crippen molar-refractivity contribution in [3.63, 3.8) is 0 Å². The molecule has 1 unspecified atom stereocenters. The lowest BCUT2D eigenvalue weighted by Crippen LogP contribution is -2.13. The molecular formula is C10H9F3O3. The zero-order valence-electron chi connectivity index (χ0n) is 8.55. The van der Waals surface area contributed by atoms with Gasteiger partial charge in [0, 0.05) is 11.6 Å². The minimum absolute atomic E-state index is 0.526. The van der Waals surface area contributed by atoms with E-state index in [4.69, 9.17) is 5.11 Å². The van der Waals surface area contributed by atoms with E-state index in [0.717, 1.165) is 14.0 Å². The molecule has 1 N–H and O–H groups in total. The van der Waals surface area contributed by atoms with Gasteiger partial charge in [-0.25, -0.2) is 13.2 Å². The number of carboxylic acids is 1. The maximum atomic E-state index is 13.5. The third-order valence-electron chi connectivity index (χ3n) is 2.18. The van der Waals surface area contributed by atoms with Crippen molar-refractivity contribution in [2.24, 2.45) is 0 Å². The highest BCUT2D eigenvalue weighted by atomic mass is 19.2. The Hall–Kier alpha value is -1.72. The van der Waals surface area contributed by atoms with Crippen molar-refractivity contribution < 1.29 is 27.8 Å². The van der Waals surface area contributed by atoms with E-state index in [1.165, 1.54) is 0 Å². The number of carboxylic acid groups (broad SMARTS) is 1. The van der Waals surface area contributed by atoms with Crippen molar-refractivity contribution in [2.75, 3.05) is 7.11 Å². The number of ether oxygens (including phenoxy) is 1. The molecule has 0 aromatic heterocycles. The Balaban J connectivity index is 3.47. The zero-order chi connectivity index (χ0) is 12.5. The van der Waals surface area contributed by atoms with Gasteiger partial charge in [0.1, 0.15) is 0 Å². The van der Waals surface area contributed by atoms with Crippen LogP contribution < -0.4 is 4.74 Å². The molecule has 88 valence electrons. The molecule has 1 atom stereocenters. The largest absolute Gasteiger partial charge is 0.494 e. The van der Waals surface area contributed by atoms with Crippen molar-refractivity contribution in [2.45, 2.75) is 12.8 Å². The van der Waals surface area contributed by atoms with Crippen molar-refractivity contribution in [1.82, 2.24) is 0 Å². The number of aliphatic carboxylic acids is 1. The molecule has 0 saturated heterocycles. The molecule has 0 aliphatic rings. The Bertz CT molecular complexity index is 432. The number of rotatable bonds is 3. The Labute approximate surface area is 89.5 Å². The molecule has 3 nitrogen and oxygen atoms in total. The number of benzene rings is 1. The van der Waals surface area contributed by atoms with E-state index >= 15 is 0 Å². The van der Waals surface area contributed by atoms with Crippen LogP contribution in [0.1, 0.15) is 18.4 Å². The fourth-order valence-corrected chi connectivity index (χ4v) is 1.25. The van der Waals surface area contributed by atoms with Crippen LogP contribution in [-0.4, -0.2) is 18.2 Å². The van der Waals surface area contributed by atoms with Crippen LogP contribution in [0.2, 0.25) is 0 Å². The fourth-order valence-electron chi connectivity index (χ4n) is 1.25. The fraction of sp³-hybridized carbons (Fsp3) is 0.300. The molecule has 0 fully saturated rings. The van der Waals surface area contributed by atoms with Gasteiger partial charge in [0.2, 0.25) is 0 Å². The van der Waals surface area contributed by atoms with Gasteiger partial charge in [-0.3, -0.25) is 4.79 Å². The lowest BCUT2D eigenvalue weighted by Gasteiger charge is -2.12. The van der Waals surface area contributed by atoms with Crippen LogP contribution in [0.4, 0.5) is 13.2 Å². The molecule has 0 bridgehead atoms. The molecule has 0 radical (unpaired) electrons. The minimum atomic E-state index is -1.51. The lowest BCUT2D eigenvalue weighted by atomic mass is 9.99. The zero-order valence-corrected chi connectivity index (χ0v) is 8.55. The summed E-state index contributed by atoms with van der Waals surface area (Å²) in [5.41, 5.74) is -0.843. The topological polar surface area (TPSA) is 46.5 Å². The van der Waals surface area contributed by atoms with Crippen molar-refractivity contribution in [3.8, 4) is 5.75 Å². The van der Waals surface area contributed by atoms with Crippen LogP contribution in [0, 0.1) is 17.5 Å². The predicted octanol–water partition coefficient (Wildman–Crippen LogP) is 2.30. The summed E-state index contributed by atoms with van der Waals surface area (Å²) in [5.74, 6) is -7.53. The van der Waals surface area contributed by atoms with E-state index in [9.17, 15) is 18.0 Å². The first-order chi connectivity index (χ1) is 7.40. The molecule has 0 amide bonds. The molecule has 1 rings (SSSR count). The highest BCUT2D eigenvalue weighted by Gasteiger charge is 2.27. The standard InChI is InChI=1S/C10H9F3O3/c1-4(10(14)15)7-8(12)5(11)3-6(16-2)9(7)13/h3-4H,1-2H3,(H,14,15). The Morgan fingerprint density at radius 2 is 1.94 bits per heavy atom. The average Bonchev–Trinajstić information content (AvgIpc) is 2.23. The molecule has 16 heavy (non-hydrogen) atoms. The van der Waals surface area contributed by atoms with E-state index in [1.807, 2.05) is 0 Å². The quantitative estimate of drug-likeness (QED) is 0.816. The molecule has 0 spiro atoms. The highest BCUT2D eigenvalue weighted by Crippen LogP contribution is 2.31. The van der Waals surface area contributed by atoms with Gasteiger partial charge < -0.3 is 9.84 Å². The lowest BCUT2D eigenvalue weighted by molar-refractivity contribution is -0.138. The van der Waals surface area contributed by atoms with Crippen LogP contribution >= 0.6 is 0 Å². The molecule has 0 aliphatic heterocycles. The summed E-state index contributed by atoms with van der Waals surface area (Å²) in [6, 6.07) is 0.530. The van der Waals surface area contributed by atoms with Gasteiger partial charge in [0.05, 0.1) is 13.0 Å². The second kappa shape index (κ2) is 4.42. The Kier molecular flexibility index (Phi) is 3.41. The molecule has 1 aromatic rings. The smallest absolute Gasteiger partial charge is 0.310 e. The normalized spacial score (nSPS) is 12.3. The first-order valence-corrected chi connectivity index (χ1v) is 4.34. The maximum absolute atomic E-state index is 13.5. The van der Waals surface area contributed by atoms with Gasteiger partial charge in [-0.05, 0) is 6.92 Å². The van der Waals surface area contributed by atoms with Crippen molar-refractivity contribution in [1.29, 1.82) is 0 Å². The van der Waals surface area contributed by atoms with Gasteiger partial charge in [-0.1, -0.05) is 0 Å². The summed E-state index contributed by atoms with van der Waals surface area (Å²) < 4.78 is 44.3. The average molecular weight is 234 g/mol. The van der Waals surface area contributed by atoms with E-state index in [-0.39, 0.29) is 0 Å². The molecule has 0 saturated carbocycles. The van der Waals surface area contributed by atoms with E-state index < -0.39 is 40.7 Å². The number of hydrogen-bond acceptors (Lipinski definition) is 2. The molecule has 0 aliphatic carbocycles. The summed E-state index contributed by atoms with van der Waals surface area (Å²) in [6.07, 6.45) is 0. The highest BCUT2D eigenvalue weighted by molar-refractivity contribution is 5.76. The van der Waals surface area contributed by atoms with E-state index in [1.54, 1.807) is 0 Å². The predicted molar refractivity (Wildman–Crippen MR) is 48.9 cm³/mol. The monoisotopic (exact) mass is 234 g/mol. The Morgan fingerprint density at radius 1 is 1.38 bits per heavy atom. The molecule has 1 aromatic carbocycles. The first kappa shape index (κ1) is 12.4. The second-order valence-electron chi connectivity index (χ2n) is 3.16. The van der Waals surface area contributed by atoms with Gasteiger partial charge in [-0.2, -0.15) is 0 Å². The molecule has 6 heteroatoms. The second-order valence-corrected chi connectivity index (χ2v) is 3.16. The van der Waals surface area contributed by atoms with Crippen LogP contribution in [-0.2, 0) is 4.79 Å². The maximum Gasteiger partial charge on any atom is 0.310 e. The van der Waals surface area contributed by atoms with Gasteiger partial charge in [0.25, 0.3) is 0 Å². The summed E-state index contributed by atoms with van der Waals surface area (Å²) >= 11 is 0. The van der Waals surface area contributed by atoms with Gasteiger partial charge in [0.15, 0.2) is 23.2 Å². The van der Waals surface area contributed by atoms with Crippen molar-refractivity contribution in [3.05, 3.63) is 29.1 Å². The number of carbonyl (C=O) groups is 1. The third-order valence-corrected chi connectivity index (χ3v) is 2.18. The van der Waals surface area contributed by atoms with Gasteiger partial charge >= 0.3 is 5.97 Å². The van der Waals surface area contributed by atoms with E-state index in [2.05, 4.69) is 4.74 Å². The van der Waals surface area contributed by atoms with Crippen molar-refractivity contribution >= 4 is 5.97 Å². The summed E-state index contributed by atoms with van der Waals surface area (Å²) in [5, 5.41) is 8.64. The minimum Gasteiger partial charge on any atom is -0.494 e. The van der Waals surface area contributed by atoms with Crippen LogP contribution in [0.25, 0.3) is 0 Å². The summed E-state index contributed by atoms with van der Waals surface area (Å²) in [7, 11) is 1.07. The molecular weight excluding hydrogens is 225 g/mol. The Morgan fingerprint density at radius 3 is 2.38 bits per heavy atom. The summed E-state index contributed by atoms with van der Waals surface area (Å²) in [6.45, 7) is 1.06. The van der Waals surface area contributed by atoms with Crippen LogP contribution in [0.3, 0.4) is 0 Å². The first-order valence-electron chi connectivity index (χ1n) is 4.34. The van der Waals surface area contributed by atoms with E-state index in [0.29, 0.717) is 6.07 Å².